The lowest BCUT2D eigenvalue weighted by Crippen LogP contribution is -3.00. The monoisotopic (exact) mass is 630 g/mol. The number of rotatable bonds is 11. The molecule has 5 atom stereocenters. The van der Waals surface area contributed by atoms with E-state index < -0.39 is 18.1 Å². The van der Waals surface area contributed by atoms with Crippen LogP contribution in [0.5, 0.6) is 0 Å². The Kier molecular flexibility index (Phi) is 12.2. The van der Waals surface area contributed by atoms with E-state index in [1.807, 2.05) is 92.8 Å². The van der Waals surface area contributed by atoms with E-state index in [0.717, 1.165) is 36.9 Å². The highest BCUT2D eigenvalue weighted by Crippen LogP contribution is 2.35. The van der Waals surface area contributed by atoms with Gasteiger partial charge < -0.3 is 38.6 Å². The van der Waals surface area contributed by atoms with E-state index in [9.17, 15) is 14.4 Å². The van der Waals surface area contributed by atoms with Crippen molar-refractivity contribution in [3.8, 4) is 0 Å². The van der Waals surface area contributed by atoms with Gasteiger partial charge in [0.15, 0.2) is 0 Å². The molecular formula is C36H45ClN5O3-. The van der Waals surface area contributed by atoms with Crippen LogP contribution in [0.2, 0.25) is 0 Å². The topological polar surface area (TPSA) is 108 Å². The zero-order valence-corrected chi connectivity index (χ0v) is 26.9. The molecule has 2 saturated heterocycles. The molecule has 2 fully saturated rings. The summed E-state index contributed by atoms with van der Waals surface area (Å²) in [6, 6.07) is 27.6. The number of halogens is 1. The van der Waals surface area contributed by atoms with Crippen LogP contribution in [0.25, 0.3) is 0 Å². The van der Waals surface area contributed by atoms with Gasteiger partial charge in [0.2, 0.25) is 17.7 Å². The van der Waals surface area contributed by atoms with Crippen LogP contribution in [-0.2, 0) is 20.9 Å². The summed E-state index contributed by atoms with van der Waals surface area (Å²) in [6.07, 6.45) is 3.37. The molecule has 0 radical (unpaired) electrons. The van der Waals surface area contributed by atoms with E-state index in [1.54, 1.807) is 4.90 Å². The van der Waals surface area contributed by atoms with Crippen molar-refractivity contribution < 1.29 is 26.8 Å². The molecule has 3 aromatic rings. The molecule has 0 aromatic heterocycles. The molecule has 3 amide bonds. The van der Waals surface area contributed by atoms with Crippen molar-refractivity contribution in [2.45, 2.75) is 75.8 Å². The van der Waals surface area contributed by atoms with Crippen LogP contribution in [0, 0.1) is 5.92 Å². The minimum absolute atomic E-state index is 0. The van der Waals surface area contributed by atoms with Crippen molar-refractivity contribution in [3.63, 3.8) is 0 Å². The zero-order chi connectivity index (χ0) is 31.1. The molecule has 9 heteroatoms. The van der Waals surface area contributed by atoms with E-state index >= 15 is 0 Å². The molecule has 2 aliphatic heterocycles. The SMILES string of the molecule is CC[C@H](N)C(=O)N[C@@H]1C(=O)N2[C@@H](CC[C@@H]1CN(C)Cc1ccccc1)CC[C@H]2C(=O)NC(c1ccccc1)c1ccccc1.[Cl-]. The number of amides is 3. The summed E-state index contributed by atoms with van der Waals surface area (Å²) >= 11 is 0. The standard InChI is InChI=1S/C36H45N5O3.ClH/c1-3-30(37)34(42)39-33-28(24-40(2)23-25-13-7-4-8-14-25)19-20-29-21-22-31(41(29)36(33)44)35(43)38-32(26-15-9-5-10-16-26)27-17-11-6-12-18-27;/h4-18,28-33H,3,19-24,37H2,1-2H3,(H,38,43)(H,39,42);1H/p-1/t28-,29+,30+,31+,33+;/m1./s1. The third kappa shape index (κ3) is 8.31. The van der Waals surface area contributed by atoms with Gasteiger partial charge in [-0.25, -0.2) is 0 Å². The predicted octanol–water partition coefficient (Wildman–Crippen LogP) is 1.02. The Morgan fingerprint density at radius 1 is 0.889 bits per heavy atom. The summed E-state index contributed by atoms with van der Waals surface area (Å²) < 4.78 is 0. The van der Waals surface area contributed by atoms with Gasteiger partial charge in [0.05, 0.1) is 12.1 Å². The van der Waals surface area contributed by atoms with Crippen LogP contribution >= 0.6 is 0 Å². The first kappa shape index (κ1) is 34.2. The number of fused-ring (bicyclic) bond motifs is 1. The van der Waals surface area contributed by atoms with Gasteiger partial charge in [-0.1, -0.05) is 97.9 Å². The number of nitrogens with two attached hydrogens (primary N) is 1. The normalized spacial score (nSPS) is 21.9. The van der Waals surface area contributed by atoms with Gasteiger partial charge in [0, 0.05) is 25.0 Å². The molecule has 2 heterocycles. The molecule has 5 rings (SSSR count). The van der Waals surface area contributed by atoms with Crippen LogP contribution in [0.15, 0.2) is 91.0 Å². The summed E-state index contributed by atoms with van der Waals surface area (Å²) in [5, 5.41) is 6.30. The molecule has 45 heavy (non-hydrogen) atoms. The Hall–Kier alpha value is -3.72. The average molecular weight is 631 g/mol. The number of carbonyl (C=O) groups excluding carboxylic acids is 3. The van der Waals surface area contributed by atoms with Gasteiger partial charge in [-0.05, 0) is 55.8 Å². The van der Waals surface area contributed by atoms with Crippen molar-refractivity contribution >= 4 is 17.7 Å². The van der Waals surface area contributed by atoms with Gasteiger partial charge in [-0.2, -0.15) is 0 Å². The molecule has 3 aromatic carbocycles. The largest absolute Gasteiger partial charge is 1.00 e. The second-order valence-electron chi connectivity index (χ2n) is 12.3. The number of nitrogens with zero attached hydrogens (tertiary/aromatic N) is 2. The molecule has 0 aliphatic carbocycles. The molecule has 4 N–H and O–H groups in total. The summed E-state index contributed by atoms with van der Waals surface area (Å²) in [5.74, 6) is -0.794. The second-order valence-corrected chi connectivity index (χ2v) is 12.3. The maximum absolute atomic E-state index is 14.4. The van der Waals surface area contributed by atoms with Gasteiger partial charge in [-0.15, -0.1) is 0 Å². The fraction of sp³-hybridized carbons (Fsp3) is 0.417. The highest BCUT2D eigenvalue weighted by Gasteiger charge is 2.48. The van der Waals surface area contributed by atoms with E-state index in [-0.39, 0.29) is 48.1 Å². The van der Waals surface area contributed by atoms with E-state index in [0.29, 0.717) is 19.4 Å². The van der Waals surface area contributed by atoms with Crippen molar-refractivity contribution in [3.05, 3.63) is 108 Å². The van der Waals surface area contributed by atoms with Gasteiger partial charge in [-0.3, -0.25) is 14.4 Å². The molecular weight excluding hydrogens is 586 g/mol. The third-order valence-corrected chi connectivity index (χ3v) is 9.14. The quantitative estimate of drug-likeness (QED) is 0.293. The van der Waals surface area contributed by atoms with Gasteiger partial charge >= 0.3 is 0 Å². The molecule has 0 bridgehead atoms. The van der Waals surface area contributed by atoms with Crippen LogP contribution in [0.1, 0.15) is 61.8 Å². The second kappa shape index (κ2) is 16.0. The average Bonchev–Trinajstić information content (AvgIpc) is 3.44. The fourth-order valence-corrected chi connectivity index (χ4v) is 6.76. The number of hydrogen-bond acceptors (Lipinski definition) is 5. The fourth-order valence-electron chi connectivity index (χ4n) is 6.76. The molecule has 8 nitrogen and oxygen atoms in total. The summed E-state index contributed by atoms with van der Waals surface area (Å²) in [4.78, 5) is 45.6. The Morgan fingerprint density at radius 2 is 1.44 bits per heavy atom. The minimum atomic E-state index is -0.754. The van der Waals surface area contributed by atoms with Crippen LogP contribution in [0.4, 0.5) is 0 Å². The van der Waals surface area contributed by atoms with Crippen molar-refractivity contribution in [2.75, 3.05) is 13.6 Å². The van der Waals surface area contributed by atoms with Crippen LogP contribution in [-0.4, -0.2) is 65.3 Å². The van der Waals surface area contributed by atoms with E-state index in [4.69, 9.17) is 5.73 Å². The van der Waals surface area contributed by atoms with Gasteiger partial charge in [0.25, 0.3) is 0 Å². The lowest BCUT2D eigenvalue weighted by Gasteiger charge is -2.34. The molecule has 0 spiro atoms. The summed E-state index contributed by atoms with van der Waals surface area (Å²) in [5.41, 5.74) is 9.24. The van der Waals surface area contributed by atoms with Gasteiger partial charge in [0.1, 0.15) is 12.1 Å². The maximum atomic E-state index is 14.4. The Labute approximate surface area is 273 Å². The first-order valence-electron chi connectivity index (χ1n) is 15.9. The number of benzene rings is 3. The lowest BCUT2D eigenvalue weighted by molar-refractivity contribution is -0.143. The summed E-state index contributed by atoms with van der Waals surface area (Å²) in [6.45, 7) is 3.23. The maximum Gasteiger partial charge on any atom is 0.246 e. The smallest absolute Gasteiger partial charge is 0.246 e. The molecule has 2 aliphatic rings. The zero-order valence-electron chi connectivity index (χ0n) is 26.1. The van der Waals surface area contributed by atoms with Crippen molar-refractivity contribution in [2.24, 2.45) is 11.7 Å². The van der Waals surface area contributed by atoms with Crippen molar-refractivity contribution in [1.82, 2.24) is 20.4 Å². The number of carbonyl (C=O) groups is 3. The van der Waals surface area contributed by atoms with E-state index in [1.165, 1.54) is 5.56 Å². The highest BCUT2D eigenvalue weighted by molar-refractivity contribution is 5.94. The van der Waals surface area contributed by atoms with Crippen LogP contribution < -0.4 is 28.8 Å². The van der Waals surface area contributed by atoms with Crippen molar-refractivity contribution in [1.29, 1.82) is 0 Å². The lowest BCUT2D eigenvalue weighted by atomic mass is 9.92. The van der Waals surface area contributed by atoms with Crippen LogP contribution in [0.3, 0.4) is 0 Å². The molecule has 240 valence electrons. The number of nitrogens with one attached hydrogen (secondary N) is 2. The minimum Gasteiger partial charge on any atom is -1.00 e. The first-order chi connectivity index (χ1) is 21.4. The third-order valence-electron chi connectivity index (χ3n) is 9.14. The van der Waals surface area contributed by atoms with E-state index in [2.05, 4.69) is 27.7 Å². The highest BCUT2D eigenvalue weighted by atomic mass is 35.5. The molecule has 0 unspecified atom stereocenters. The summed E-state index contributed by atoms with van der Waals surface area (Å²) in [7, 11) is 2.05. The Morgan fingerprint density at radius 3 is 2.02 bits per heavy atom. The Bertz CT molecular complexity index is 1350. The first-order valence-corrected chi connectivity index (χ1v) is 15.9. The Balaban J connectivity index is 0.00000461. The molecule has 0 saturated carbocycles. The number of hydrogen-bond donors (Lipinski definition) is 3. The predicted molar refractivity (Wildman–Crippen MR) is 172 cm³/mol.